The van der Waals surface area contributed by atoms with Crippen LogP contribution in [0.1, 0.15) is 16.8 Å². The van der Waals surface area contributed by atoms with E-state index in [2.05, 4.69) is 41.4 Å². The lowest BCUT2D eigenvalue weighted by Gasteiger charge is -2.05. The Balaban J connectivity index is 2.03. The van der Waals surface area contributed by atoms with Crippen molar-refractivity contribution in [3.8, 4) is 0 Å². The van der Waals surface area contributed by atoms with Crippen LogP contribution >= 0.6 is 11.8 Å². The summed E-state index contributed by atoms with van der Waals surface area (Å²) in [6, 6.07) is 12.5. The fourth-order valence-corrected chi connectivity index (χ4v) is 3.22. The van der Waals surface area contributed by atoms with Gasteiger partial charge in [-0.15, -0.1) is 0 Å². The maximum atomic E-state index is 5.89. The first-order valence-corrected chi connectivity index (χ1v) is 7.42. The van der Waals surface area contributed by atoms with Crippen LogP contribution in [0.4, 0.5) is 0 Å². The topological polar surface area (TPSA) is 43.3 Å². The lowest BCUT2D eigenvalue weighted by molar-refractivity contribution is 0.921. The van der Waals surface area contributed by atoms with Crippen LogP contribution in [0.5, 0.6) is 0 Å². The van der Waals surface area contributed by atoms with Gasteiger partial charge in [-0.2, -0.15) is 0 Å². The Morgan fingerprint density at radius 2 is 2.00 bits per heavy atom. The van der Waals surface area contributed by atoms with Crippen molar-refractivity contribution in [2.75, 3.05) is 0 Å². The minimum Gasteiger partial charge on any atom is -0.325 e. The Bertz CT molecular complexity index is 762. The van der Waals surface area contributed by atoms with Crippen molar-refractivity contribution in [1.82, 2.24) is 9.38 Å². The Morgan fingerprint density at radius 1 is 1.15 bits per heavy atom. The second-order valence-corrected chi connectivity index (χ2v) is 5.91. The highest BCUT2D eigenvalue weighted by Crippen LogP contribution is 2.31. The summed E-state index contributed by atoms with van der Waals surface area (Å²) in [4.78, 5) is 5.88. The van der Waals surface area contributed by atoms with Crippen molar-refractivity contribution in [1.29, 1.82) is 0 Å². The summed E-state index contributed by atoms with van der Waals surface area (Å²) in [6.45, 7) is 4.74. The van der Waals surface area contributed by atoms with Gasteiger partial charge in [0.05, 0.1) is 5.69 Å². The predicted molar refractivity (Wildman–Crippen MR) is 83.1 cm³/mol. The second kappa shape index (κ2) is 5.31. The van der Waals surface area contributed by atoms with Crippen molar-refractivity contribution >= 4 is 17.4 Å². The van der Waals surface area contributed by atoms with Gasteiger partial charge in [-0.1, -0.05) is 23.9 Å². The molecule has 0 saturated heterocycles. The van der Waals surface area contributed by atoms with Crippen LogP contribution in [0.2, 0.25) is 0 Å². The Labute approximate surface area is 122 Å². The van der Waals surface area contributed by atoms with E-state index in [1.807, 2.05) is 24.4 Å². The minimum atomic E-state index is 0.484. The van der Waals surface area contributed by atoms with Gasteiger partial charge in [-0.3, -0.25) is 0 Å². The zero-order chi connectivity index (χ0) is 14.1. The number of aromatic nitrogens is 2. The maximum Gasteiger partial charge on any atom is 0.138 e. The molecular formula is C16H17N3S. The molecule has 0 unspecified atom stereocenters. The van der Waals surface area contributed by atoms with E-state index < -0.39 is 0 Å². The molecule has 2 heterocycles. The van der Waals surface area contributed by atoms with Crippen LogP contribution in [0.15, 0.2) is 52.5 Å². The molecule has 3 nitrogen and oxygen atoms in total. The Hall–Kier alpha value is -1.78. The first-order chi connectivity index (χ1) is 9.69. The Kier molecular flexibility index (Phi) is 3.51. The van der Waals surface area contributed by atoms with Crippen LogP contribution in [0.25, 0.3) is 5.65 Å². The molecule has 0 bridgehead atoms. The second-order valence-electron chi connectivity index (χ2n) is 4.84. The summed E-state index contributed by atoms with van der Waals surface area (Å²) in [7, 11) is 0. The minimum absolute atomic E-state index is 0.484. The van der Waals surface area contributed by atoms with Gasteiger partial charge in [-0.05, 0) is 49.2 Å². The third-order valence-electron chi connectivity index (χ3n) is 3.48. The number of aryl methyl sites for hydroxylation is 2. The summed E-state index contributed by atoms with van der Waals surface area (Å²) in [6.07, 6.45) is 2.01. The molecule has 0 spiro atoms. The van der Waals surface area contributed by atoms with Crippen molar-refractivity contribution in [3.05, 3.63) is 59.4 Å². The van der Waals surface area contributed by atoms with E-state index in [-0.39, 0.29) is 0 Å². The van der Waals surface area contributed by atoms with E-state index in [1.54, 1.807) is 11.8 Å². The van der Waals surface area contributed by atoms with E-state index in [1.165, 1.54) is 16.0 Å². The normalized spacial score (nSPS) is 11.2. The van der Waals surface area contributed by atoms with Crippen LogP contribution in [-0.4, -0.2) is 9.38 Å². The molecule has 3 rings (SSSR count). The van der Waals surface area contributed by atoms with Crippen molar-refractivity contribution in [3.63, 3.8) is 0 Å². The van der Waals surface area contributed by atoms with Crippen LogP contribution in [0, 0.1) is 13.8 Å². The van der Waals surface area contributed by atoms with Crippen molar-refractivity contribution in [2.45, 2.75) is 30.3 Å². The zero-order valence-electron chi connectivity index (χ0n) is 11.6. The molecule has 3 aromatic rings. The molecule has 20 heavy (non-hydrogen) atoms. The smallest absolute Gasteiger partial charge is 0.138 e. The largest absolute Gasteiger partial charge is 0.325 e. The summed E-state index contributed by atoms with van der Waals surface area (Å²) in [5, 5.41) is 0.988. The molecule has 0 fully saturated rings. The van der Waals surface area contributed by atoms with Gasteiger partial charge in [0.25, 0.3) is 0 Å². The average Bonchev–Trinajstić information content (AvgIpc) is 2.80. The molecule has 2 N–H and O–H groups in total. The fourth-order valence-electron chi connectivity index (χ4n) is 2.18. The molecular weight excluding hydrogens is 266 g/mol. The molecule has 4 heteroatoms. The number of imidazole rings is 1. The molecule has 102 valence electrons. The van der Waals surface area contributed by atoms with Gasteiger partial charge in [0.1, 0.15) is 10.7 Å². The first kappa shape index (κ1) is 13.2. The fraction of sp³-hybridized carbons (Fsp3) is 0.188. The quantitative estimate of drug-likeness (QED) is 0.799. The third-order valence-corrected chi connectivity index (χ3v) is 4.49. The lowest BCUT2D eigenvalue weighted by Crippen LogP contribution is -2.01. The molecule has 0 aliphatic rings. The summed E-state index contributed by atoms with van der Waals surface area (Å²) in [5.74, 6) is 0. The van der Waals surface area contributed by atoms with Gasteiger partial charge in [0.2, 0.25) is 0 Å². The number of pyridine rings is 1. The van der Waals surface area contributed by atoms with E-state index in [9.17, 15) is 0 Å². The lowest BCUT2D eigenvalue weighted by atomic mass is 10.1. The Morgan fingerprint density at radius 3 is 2.75 bits per heavy atom. The number of rotatable bonds is 3. The van der Waals surface area contributed by atoms with E-state index in [0.29, 0.717) is 6.54 Å². The van der Waals surface area contributed by atoms with E-state index in [0.717, 1.165) is 16.4 Å². The van der Waals surface area contributed by atoms with Crippen molar-refractivity contribution in [2.24, 2.45) is 5.73 Å². The third kappa shape index (κ3) is 2.32. The standard InChI is InChI=1S/C16H17N3S/c1-11-6-7-13(9-12(11)2)20-16-14(10-17)19-8-4-3-5-15(19)18-16/h3-9H,10,17H2,1-2H3. The molecule has 0 aliphatic carbocycles. The number of nitrogens with two attached hydrogens (primary N) is 1. The van der Waals surface area contributed by atoms with Gasteiger partial charge in [0, 0.05) is 17.6 Å². The SMILES string of the molecule is Cc1ccc(Sc2nc3ccccn3c2CN)cc1C. The highest BCUT2D eigenvalue weighted by Gasteiger charge is 2.12. The summed E-state index contributed by atoms with van der Waals surface area (Å²) < 4.78 is 2.06. The molecule has 2 aromatic heterocycles. The summed E-state index contributed by atoms with van der Waals surface area (Å²) >= 11 is 1.68. The molecule has 1 aromatic carbocycles. The predicted octanol–water partition coefficient (Wildman–Crippen LogP) is 3.56. The highest BCUT2D eigenvalue weighted by molar-refractivity contribution is 7.99. The van der Waals surface area contributed by atoms with Crippen LogP contribution < -0.4 is 5.73 Å². The highest BCUT2D eigenvalue weighted by atomic mass is 32.2. The molecule has 0 aliphatic heterocycles. The maximum absolute atomic E-state index is 5.89. The van der Waals surface area contributed by atoms with Crippen LogP contribution in [0.3, 0.4) is 0 Å². The number of benzene rings is 1. The number of fused-ring (bicyclic) bond motifs is 1. The molecule has 0 saturated carbocycles. The van der Waals surface area contributed by atoms with Gasteiger partial charge >= 0.3 is 0 Å². The monoisotopic (exact) mass is 283 g/mol. The molecule has 0 amide bonds. The average molecular weight is 283 g/mol. The molecule has 0 atom stereocenters. The van der Waals surface area contributed by atoms with E-state index >= 15 is 0 Å². The van der Waals surface area contributed by atoms with Crippen LogP contribution in [-0.2, 0) is 6.54 Å². The van der Waals surface area contributed by atoms with Gasteiger partial charge < -0.3 is 10.1 Å². The molecule has 0 radical (unpaired) electrons. The first-order valence-electron chi connectivity index (χ1n) is 6.60. The number of nitrogens with zero attached hydrogens (tertiary/aromatic N) is 2. The van der Waals surface area contributed by atoms with E-state index in [4.69, 9.17) is 5.73 Å². The number of hydrogen-bond donors (Lipinski definition) is 1. The number of hydrogen-bond acceptors (Lipinski definition) is 3. The van der Waals surface area contributed by atoms with Gasteiger partial charge in [-0.25, -0.2) is 4.98 Å². The van der Waals surface area contributed by atoms with Crippen molar-refractivity contribution < 1.29 is 0 Å². The zero-order valence-corrected chi connectivity index (χ0v) is 12.4. The summed E-state index contributed by atoms with van der Waals surface area (Å²) in [5.41, 5.74) is 10.5. The van der Waals surface area contributed by atoms with Gasteiger partial charge in [0.15, 0.2) is 0 Å².